The molecule has 1 atom stereocenters. The molecule has 134 valence electrons. The van der Waals surface area contributed by atoms with Crippen LogP contribution in [0.4, 0.5) is 0 Å². The summed E-state index contributed by atoms with van der Waals surface area (Å²) in [5, 5.41) is 13.8. The number of carbonyl (C=O) groups is 1. The van der Waals surface area contributed by atoms with Crippen molar-refractivity contribution >= 4 is 5.97 Å². The molecule has 1 aliphatic heterocycles. The van der Waals surface area contributed by atoms with Gasteiger partial charge < -0.3 is 9.63 Å². The molecule has 6 heteroatoms. The summed E-state index contributed by atoms with van der Waals surface area (Å²) in [6, 6.07) is 7.21. The maximum atomic E-state index is 11.9. The van der Waals surface area contributed by atoms with E-state index in [-0.39, 0.29) is 0 Å². The number of aryl methyl sites for hydroxylation is 2. The average molecular weight is 343 g/mol. The van der Waals surface area contributed by atoms with Gasteiger partial charge in [0.05, 0.1) is 5.69 Å². The molecule has 0 aliphatic carbocycles. The van der Waals surface area contributed by atoms with E-state index in [1.807, 2.05) is 31.2 Å². The molecule has 1 aliphatic rings. The van der Waals surface area contributed by atoms with Crippen LogP contribution in [0.5, 0.6) is 0 Å². The molecule has 1 saturated heterocycles. The maximum Gasteiger partial charge on any atom is 0.325 e. The van der Waals surface area contributed by atoms with Gasteiger partial charge in [-0.15, -0.1) is 0 Å². The molecule has 0 amide bonds. The first-order valence-electron chi connectivity index (χ1n) is 8.76. The molecule has 0 radical (unpaired) electrons. The van der Waals surface area contributed by atoms with Crippen LogP contribution >= 0.6 is 0 Å². The van der Waals surface area contributed by atoms with Gasteiger partial charge in [-0.2, -0.15) is 0 Å². The van der Waals surface area contributed by atoms with Gasteiger partial charge in [-0.3, -0.25) is 14.6 Å². The average Bonchev–Trinajstić information content (AvgIpc) is 3.03. The first kappa shape index (κ1) is 17.6. The van der Waals surface area contributed by atoms with Gasteiger partial charge in [0.15, 0.2) is 0 Å². The van der Waals surface area contributed by atoms with E-state index < -0.39 is 12.0 Å². The van der Waals surface area contributed by atoms with E-state index >= 15 is 0 Å². The van der Waals surface area contributed by atoms with Gasteiger partial charge in [0.25, 0.3) is 0 Å². The minimum absolute atomic E-state index is 0.580. The first-order chi connectivity index (χ1) is 12.1. The molecule has 1 unspecified atom stereocenters. The Balaban J connectivity index is 1.64. The van der Waals surface area contributed by atoms with Crippen LogP contribution in [0.2, 0.25) is 0 Å². The third-order valence-corrected chi connectivity index (χ3v) is 4.82. The summed E-state index contributed by atoms with van der Waals surface area (Å²) >= 11 is 0. The van der Waals surface area contributed by atoms with E-state index in [1.165, 1.54) is 0 Å². The lowest BCUT2D eigenvalue weighted by Gasteiger charge is -2.37. The number of carboxylic acid groups (broad SMARTS) is 1. The van der Waals surface area contributed by atoms with Gasteiger partial charge in [0.2, 0.25) is 0 Å². The monoisotopic (exact) mass is 343 g/mol. The number of hydrogen-bond acceptors (Lipinski definition) is 5. The predicted molar refractivity (Wildman–Crippen MR) is 94.3 cm³/mol. The molecular formula is C19H25N3O3. The SMILES string of the molecule is CCc1nocc1CN1CCN(C(C(=O)O)c2cccc(C)c2)CC1. The molecule has 2 aromatic rings. The number of nitrogens with zero attached hydrogens (tertiary/aromatic N) is 3. The zero-order chi connectivity index (χ0) is 17.8. The van der Waals surface area contributed by atoms with Crippen LogP contribution < -0.4 is 0 Å². The summed E-state index contributed by atoms with van der Waals surface area (Å²) in [5.41, 5.74) is 4.07. The second-order valence-corrected chi connectivity index (χ2v) is 6.61. The van der Waals surface area contributed by atoms with Gasteiger partial charge in [-0.25, -0.2) is 0 Å². The highest BCUT2D eigenvalue weighted by atomic mass is 16.5. The van der Waals surface area contributed by atoms with Gasteiger partial charge in [0.1, 0.15) is 12.3 Å². The zero-order valence-corrected chi connectivity index (χ0v) is 14.8. The molecule has 0 spiro atoms. The largest absolute Gasteiger partial charge is 0.480 e. The Morgan fingerprint density at radius 2 is 2.08 bits per heavy atom. The lowest BCUT2D eigenvalue weighted by molar-refractivity contribution is -0.144. The standard InChI is InChI=1S/C19H25N3O3/c1-3-17-16(13-25-20-17)12-21-7-9-22(10-8-21)18(19(23)24)15-6-4-5-14(2)11-15/h4-6,11,13,18H,3,7-10,12H2,1-2H3,(H,23,24). The fourth-order valence-corrected chi connectivity index (χ4v) is 3.47. The number of hydrogen-bond donors (Lipinski definition) is 1. The molecule has 1 aromatic heterocycles. The normalized spacial score (nSPS) is 17.5. The van der Waals surface area contributed by atoms with Gasteiger partial charge in [0, 0.05) is 38.3 Å². The molecule has 3 rings (SSSR count). The summed E-state index contributed by atoms with van der Waals surface area (Å²) in [4.78, 5) is 16.2. The van der Waals surface area contributed by atoms with Crippen molar-refractivity contribution in [1.82, 2.24) is 15.0 Å². The van der Waals surface area contributed by atoms with Crippen molar-refractivity contribution < 1.29 is 14.4 Å². The lowest BCUT2D eigenvalue weighted by atomic mass is 10.0. The molecule has 0 bridgehead atoms. The molecule has 2 heterocycles. The number of rotatable bonds is 6. The molecule has 1 fully saturated rings. The number of aliphatic carboxylic acids is 1. The topological polar surface area (TPSA) is 69.8 Å². The number of carboxylic acids is 1. The van der Waals surface area contributed by atoms with Crippen LogP contribution in [0.1, 0.15) is 35.3 Å². The number of piperazine rings is 1. The van der Waals surface area contributed by atoms with Crippen molar-refractivity contribution in [2.45, 2.75) is 32.9 Å². The summed E-state index contributed by atoms with van der Waals surface area (Å²) in [6.45, 7) is 8.01. The highest BCUT2D eigenvalue weighted by molar-refractivity contribution is 5.75. The third kappa shape index (κ3) is 4.08. The molecule has 1 aromatic carbocycles. The van der Waals surface area contributed by atoms with Crippen molar-refractivity contribution in [2.75, 3.05) is 26.2 Å². The quantitative estimate of drug-likeness (QED) is 0.869. The van der Waals surface area contributed by atoms with Crippen molar-refractivity contribution in [3.8, 4) is 0 Å². The Kier molecular flexibility index (Phi) is 5.50. The Bertz CT molecular complexity index is 720. The number of benzene rings is 1. The smallest absolute Gasteiger partial charge is 0.325 e. The van der Waals surface area contributed by atoms with Crippen LogP contribution in [-0.4, -0.2) is 52.2 Å². The minimum Gasteiger partial charge on any atom is -0.480 e. The van der Waals surface area contributed by atoms with Crippen molar-refractivity contribution in [1.29, 1.82) is 0 Å². The second kappa shape index (κ2) is 7.80. The van der Waals surface area contributed by atoms with Crippen LogP contribution in [0.15, 0.2) is 35.1 Å². The lowest BCUT2D eigenvalue weighted by Crippen LogP contribution is -2.48. The molecule has 1 N–H and O–H groups in total. The Labute approximate surface area is 148 Å². The van der Waals surface area contributed by atoms with E-state index in [4.69, 9.17) is 4.52 Å². The van der Waals surface area contributed by atoms with Crippen molar-refractivity contribution in [2.24, 2.45) is 0 Å². The van der Waals surface area contributed by atoms with E-state index in [0.717, 1.165) is 61.5 Å². The highest BCUT2D eigenvalue weighted by Gasteiger charge is 2.30. The molecule has 25 heavy (non-hydrogen) atoms. The minimum atomic E-state index is -0.786. The van der Waals surface area contributed by atoms with Gasteiger partial charge >= 0.3 is 5.97 Å². The molecule has 0 saturated carbocycles. The Morgan fingerprint density at radius 1 is 1.32 bits per heavy atom. The van der Waals surface area contributed by atoms with E-state index in [1.54, 1.807) is 6.26 Å². The first-order valence-corrected chi connectivity index (χ1v) is 8.76. The van der Waals surface area contributed by atoms with E-state index in [0.29, 0.717) is 0 Å². The Hall–Kier alpha value is -2.18. The van der Waals surface area contributed by atoms with Gasteiger partial charge in [-0.05, 0) is 18.9 Å². The van der Waals surface area contributed by atoms with Crippen LogP contribution in [0.3, 0.4) is 0 Å². The molecular weight excluding hydrogens is 318 g/mol. The van der Waals surface area contributed by atoms with Crippen LogP contribution in [0, 0.1) is 6.92 Å². The fourth-order valence-electron chi connectivity index (χ4n) is 3.47. The van der Waals surface area contributed by atoms with Crippen LogP contribution in [-0.2, 0) is 17.8 Å². The van der Waals surface area contributed by atoms with Crippen LogP contribution in [0.25, 0.3) is 0 Å². The summed E-state index contributed by atoms with van der Waals surface area (Å²) in [5.74, 6) is -0.786. The van der Waals surface area contributed by atoms with E-state index in [9.17, 15) is 9.90 Å². The van der Waals surface area contributed by atoms with E-state index in [2.05, 4.69) is 21.9 Å². The Morgan fingerprint density at radius 3 is 2.72 bits per heavy atom. The fraction of sp³-hybridized carbons (Fsp3) is 0.474. The predicted octanol–water partition coefficient (Wildman–Crippen LogP) is 2.49. The maximum absolute atomic E-state index is 11.9. The summed E-state index contributed by atoms with van der Waals surface area (Å²) in [6.07, 6.45) is 2.58. The highest BCUT2D eigenvalue weighted by Crippen LogP contribution is 2.24. The van der Waals surface area contributed by atoms with Crippen molar-refractivity contribution in [3.63, 3.8) is 0 Å². The van der Waals surface area contributed by atoms with Gasteiger partial charge in [-0.1, -0.05) is 41.9 Å². The third-order valence-electron chi connectivity index (χ3n) is 4.82. The van der Waals surface area contributed by atoms with Crippen molar-refractivity contribution in [3.05, 3.63) is 52.9 Å². The number of aromatic nitrogens is 1. The summed E-state index contributed by atoms with van der Waals surface area (Å²) < 4.78 is 5.07. The second-order valence-electron chi connectivity index (χ2n) is 6.61. The zero-order valence-electron chi connectivity index (χ0n) is 14.8. The molecule has 6 nitrogen and oxygen atoms in total. The summed E-state index contributed by atoms with van der Waals surface area (Å²) in [7, 11) is 0.